The van der Waals surface area contributed by atoms with Crippen molar-refractivity contribution in [3.63, 3.8) is 0 Å². The van der Waals surface area contributed by atoms with E-state index in [-0.39, 0.29) is 11.3 Å². The Bertz CT molecular complexity index is 725. The van der Waals surface area contributed by atoms with E-state index in [2.05, 4.69) is 10.9 Å². The normalized spacial score (nSPS) is 10.4. The second-order valence-electron chi connectivity index (χ2n) is 4.07. The number of nitrogens with zero attached hydrogens (tertiary/aromatic N) is 1. The van der Waals surface area contributed by atoms with Gasteiger partial charge in [-0.05, 0) is 23.6 Å². The van der Waals surface area contributed by atoms with Crippen LogP contribution in [-0.2, 0) is 4.79 Å². The lowest BCUT2D eigenvalue weighted by atomic mass is 10.2. The second-order valence-corrected chi connectivity index (χ2v) is 5.05. The van der Waals surface area contributed by atoms with Crippen LogP contribution in [0.5, 0.6) is 0 Å². The third kappa shape index (κ3) is 4.00. The highest BCUT2D eigenvalue weighted by Gasteiger charge is 2.19. The third-order valence-corrected chi connectivity index (χ3v) is 3.42. The molecule has 1 aromatic carbocycles. The van der Waals surface area contributed by atoms with E-state index < -0.39 is 16.7 Å². The van der Waals surface area contributed by atoms with Crippen molar-refractivity contribution in [1.82, 2.24) is 10.9 Å². The minimum atomic E-state index is -0.759. The van der Waals surface area contributed by atoms with Crippen molar-refractivity contribution >= 4 is 34.9 Å². The van der Waals surface area contributed by atoms with Gasteiger partial charge in [-0.25, -0.2) is 0 Å². The fourth-order valence-corrected chi connectivity index (χ4v) is 2.21. The summed E-state index contributed by atoms with van der Waals surface area (Å²) in [7, 11) is 0. The molecule has 0 atom stereocenters. The summed E-state index contributed by atoms with van der Waals surface area (Å²) in [6.07, 6.45) is 2.85. The number of nitro benzene ring substituents is 1. The van der Waals surface area contributed by atoms with Gasteiger partial charge in [0, 0.05) is 17.0 Å². The minimum absolute atomic E-state index is 0.130. The highest BCUT2D eigenvalue weighted by atomic mass is 32.1. The molecule has 1 heterocycles. The summed E-state index contributed by atoms with van der Waals surface area (Å²) in [4.78, 5) is 34.5. The molecular weight excluding hydrogens is 306 g/mol. The summed E-state index contributed by atoms with van der Waals surface area (Å²) < 4.78 is 0. The molecule has 0 aliphatic carbocycles. The highest BCUT2D eigenvalue weighted by Crippen LogP contribution is 2.16. The van der Waals surface area contributed by atoms with E-state index in [1.807, 2.05) is 17.5 Å². The molecule has 22 heavy (non-hydrogen) atoms. The van der Waals surface area contributed by atoms with Gasteiger partial charge in [-0.15, -0.1) is 11.3 Å². The van der Waals surface area contributed by atoms with Crippen molar-refractivity contribution in [2.24, 2.45) is 0 Å². The number of benzene rings is 1. The van der Waals surface area contributed by atoms with Crippen LogP contribution in [-0.4, -0.2) is 16.7 Å². The van der Waals surface area contributed by atoms with Gasteiger partial charge in [-0.1, -0.05) is 18.2 Å². The molecule has 112 valence electrons. The van der Waals surface area contributed by atoms with Crippen LogP contribution in [0.2, 0.25) is 0 Å². The van der Waals surface area contributed by atoms with E-state index >= 15 is 0 Å². The molecule has 0 aliphatic rings. The average Bonchev–Trinajstić information content (AvgIpc) is 3.04. The molecule has 0 bridgehead atoms. The van der Waals surface area contributed by atoms with Crippen molar-refractivity contribution in [2.75, 3.05) is 0 Å². The van der Waals surface area contributed by atoms with Crippen LogP contribution in [0.15, 0.2) is 47.9 Å². The van der Waals surface area contributed by atoms with Gasteiger partial charge >= 0.3 is 0 Å². The SMILES string of the molecule is O=C(/C=C/c1cccs1)NNC(=O)c1ccccc1[N+](=O)[O-]. The zero-order valence-corrected chi connectivity index (χ0v) is 12.0. The average molecular weight is 317 g/mol. The zero-order chi connectivity index (χ0) is 15.9. The Morgan fingerprint density at radius 3 is 2.59 bits per heavy atom. The Morgan fingerprint density at radius 1 is 1.14 bits per heavy atom. The quantitative estimate of drug-likeness (QED) is 0.512. The van der Waals surface area contributed by atoms with Gasteiger partial charge in [0.15, 0.2) is 0 Å². The Kier molecular flexibility index (Phi) is 4.99. The maximum Gasteiger partial charge on any atom is 0.282 e. The van der Waals surface area contributed by atoms with Gasteiger partial charge in [0.05, 0.1) is 4.92 Å². The number of thiophene rings is 1. The molecule has 2 N–H and O–H groups in total. The van der Waals surface area contributed by atoms with E-state index in [1.54, 1.807) is 6.08 Å². The molecule has 0 fully saturated rings. The largest absolute Gasteiger partial charge is 0.282 e. The standard InChI is InChI=1S/C14H11N3O4S/c18-13(8-7-10-4-3-9-22-10)15-16-14(19)11-5-1-2-6-12(11)17(20)21/h1-9H,(H,15,18)(H,16,19)/b8-7+. The van der Waals surface area contributed by atoms with Gasteiger partial charge < -0.3 is 0 Å². The van der Waals surface area contributed by atoms with Crippen molar-refractivity contribution in [1.29, 1.82) is 0 Å². The number of carbonyl (C=O) groups excluding carboxylic acids is 2. The van der Waals surface area contributed by atoms with Crippen LogP contribution in [0.1, 0.15) is 15.2 Å². The Hall–Kier alpha value is -3.00. The molecule has 0 spiro atoms. The molecule has 0 radical (unpaired) electrons. The van der Waals surface area contributed by atoms with E-state index in [4.69, 9.17) is 0 Å². The molecule has 2 amide bonds. The number of rotatable bonds is 4. The van der Waals surface area contributed by atoms with Crippen LogP contribution >= 0.6 is 11.3 Å². The van der Waals surface area contributed by atoms with Gasteiger partial charge in [0.2, 0.25) is 0 Å². The number of hydrogen-bond acceptors (Lipinski definition) is 5. The summed E-state index contributed by atoms with van der Waals surface area (Å²) in [5.41, 5.74) is 3.84. The number of para-hydroxylation sites is 1. The number of hydrazine groups is 1. The molecule has 0 unspecified atom stereocenters. The molecule has 7 nitrogen and oxygen atoms in total. The maximum atomic E-state index is 11.9. The van der Waals surface area contributed by atoms with Gasteiger partial charge in [0.1, 0.15) is 5.56 Å². The molecule has 2 aromatic rings. The van der Waals surface area contributed by atoms with Crippen molar-refractivity contribution < 1.29 is 14.5 Å². The first-order valence-electron chi connectivity index (χ1n) is 6.13. The highest BCUT2D eigenvalue weighted by molar-refractivity contribution is 7.10. The van der Waals surface area contributed by atoms with E-state index in [9.17, 15) is 19.7 Å². The first-order valence-corrected chi connectivity index (χ1v) is 7.01. The number of amides is 2. The van der Waals surface area contributed by atoms with Crippen LogP contribution in [0.25, 0.3) is 6.08 Å². The maximum absolute atomic E-state index is 11.9. The zero-order valence-electron chi connectivity index (χ0n) is 11.2. The number of nitrogens with one attached hydrogen (secondary N) is 2. The molecule has 0 saturated carbocycles. The third-order valence-electron chi connectivity index (χ3n) is 2.59. The molecule has 0 saturated heterocycles. The second kappa shape index (κ2) is 7.14. The molecule has 0 aliphatic heterocycles. The van der Waals surface area contributed by atoms with Gasteiger partial charge in [0.25, 0.3) is 17.5 Å². The molecular formula is C14H11N3O4S. The van der Waals surface area contributed by atoms with Gasteiger partial charge in [-0.2, -0.15) is 0 Å². The van der Waals surface area contributed by atoms with Crippen molar-refractivity contribution in [2.45, 2.75) is 0 Å². The predicted molar refractivity (Wildman–Crippen MR) is 82.1 cm³/mol. The fraction of sp³-hybridized carbons (Fsp3) is 0. The first kappa shape index (κ1) is 15.4. The van der Waals surface area contributed by atoms with Crippen LogP contribution in [0, 0.1) is 10.1 Å². The Labute approximate surface area is 129 Å². The molecule has 1 aromatic heterocycles. The monoisotopic (exact) mass is 317 g/mol. The smallest absolute Gasteiger partial charge is 0.268 e. The van der Waals surface area contributed by atoms with E-state index in [0.717, 1.165) is 4.88 Å². The summed E-state index contributed by atoms with van der Waals surface area (Å²) >= 11 is 1.46. The first-order chi connectivity index (χ1) is 10.6. The summed E-state index contributed by atoms with van der Waals surface area (Å²) in [6, 6.07) is 9.16. The topological polar surface area (TPSA) is 101 Å². The van der Waals surface area contributed by atoms with Crippen molar-refractivity contribution in [3.05, 3.63) is 68.4 Å². The summed E-state index contributed by atoms with van der Waals surface area (Å²) in [5.74, 6) is -1.30. The lowest BCUT2D eigenvalue weighted by molar-refractivity contribution is -0.385. The van der Waals surface area contributed by atoms with Crippen LogP contribution in [0.3, 0.4) is 0 Å². The van der Waals surface area contributed by atoms with E-state index in [1.165, 1.54) is 41.7 Å². The summed E-state index contributed by atoms with van der Waals surface area (Å²) in [6.45, 7) is 0. The number of carbonyl (C=O) groups is 2. The number of nitro groups is 1. The minimum Gasteiger partial charge on any atom is -0.268 e. The molecule has 2 rings (SSSR count). The lowest BCUT2D eigenvalue weighted by Crippen LogP contribution is -2.40. The van der Waals surface area contributed by atoms with Gasteiger partial charge in [-0.3, -0.25) is 30.6 Å². The fourth-order valence-electron chi connectivity index (χ4n) is 1.60. The Balaban J connectivity index is 1.95. The van der Waals surface area contributed by atoms with Crippen LogP contribution < -0.4 is 10.9 Å². The van der Waals surface area contributed by atoms with Crippen LogP contribution in [0.4, 0.5) is 5.69 Å². The lowest BCUT2D eigenvalue weighted by Gasteiger charge is -2.05. The summed E-state index contributed by atoms with van der Waals surface area (Å²) in [5, 5.41) is 12.7. The Morgan fingerprint density at radius 2 is 1.91 bits per heavy atom. The van der Waals surface area contributed by atoms with Crippen molar-refractivity contribution in [3.8, 4) is 0 Å². The number of hydrogen-bond donors (Lipinski definition) is 2. The predicted octanol–water partition coefficient (Wildman–Crippen LogP) is 2.13. The molecule has 8 heteroatoms. The van der Waals surface area contributed by atoms with E-state index in [0.29, 0.717) is 0 Å².